The number of benzene rings is 1. The number of carboxylic acids is 1. The second kappa shape index (κ2) is 6.58. The fraction of sp³-hybridized carbons (Fsp3) is 0.588. The van der Waals surface area contributed by atoms with Crippen molar-refractivity contribution in [2.75, 3.05) is 19.7 Å². The molecule has 1 heterocycles. The van der Waals surface area contributed by atoms with E-state index < -0.39 is 5.97 Å². The molecule has 1 aromatic rings. The molecule has 1 saturated heterocycles. The summed E-state index contributed by atoms with van der Waals surface area (Å²) >= 11 is 0. The predicted octanol–water partition coefficient (Wildman–Crippen LogP) is 2.56. The van der Waals surface area contributed by atoms with Gasteiger partial charge in [-0.05, 0) is 30.4 Å². The Morgan fingerprint density at radius 3 is 2.38 bits per heavy atom. The number of hydrogen-bond donors (Lipinski definition) is 1. The van der Waals surface area contributed by atoms with E-state index in [1.165, 1.54) is 11.1 Å². The molecular weight excluding hydrogens is 266 g/mol. The van der Waals surface area contributed by atoms with Gasteiger partial charge in [0.25, 0.3) is 0 Å². The Morgan fingerprint density at radius 1 is 1.29 bits per heavy atom. The van der Waals surface area contributed by atoms with Gasteiger partial charge in [-0.1, -0.05) is 38.1 Å². The second-order valence-electron chi connectivity index (χ2n) is 6.69. The van der Waals surface area contributed by atoms with Crippen LogP contribution in [0.3, 0.4) is 0 Å². The second-order valence-corrected chi connectivity index (χ2v) is 6.69. The summed E-state index contributed by atoms with van der Waals surface area (Å²) in [6.45, 7) is 8.68. The lowest BCUT2D eigenvalue weighted by atomic mass is 9.95. The normalized spacial score (nSPS) is 17.7. The topological polar surface area (TPSA) is 49.8 Å². The van der Waals surface area contributed by atoms with E-state index >= 15 is 0 Å². The molecule has 0 bridgehead atoms. The third-order valence-corrected chi connectivity index (χ3v) is 3.73. The number of hydrogen-bond acceptors (Lipinski definition) is 3. The summed E-state index contributed by atoms with van der Waals surface area (Å²) in [4.78, 5) is 12.8. The van der Waals surface area contributed by atoms with Crippen molar-refractivity contribution >= 4 is 5.97 Å². The molecule has 116 valence electrons. The van der Waals surface area contributed by atoms with Crippen LogP contribution >= 0.6 is 0 Å². The number of nitrogens with zero attached hydrogens (tertiary/aromatic N) is 1. The van der Waals surface area contributed by atoms with E-state index in [2.05, 4.69) is 43.0 Å². The zero-order valence-corrected chi connectivity index (χ0v) is 13.1. The molecule has 1 fully saturated rings. The summed E-state index contributed by atoms with van der Waals surface area (Å²) in [6.07, 6.45) is 1.12. The van der Waals surface area contributed by atoms with E-state index in [0.717, 1.165) is 26.1 Å². The molecule has 0 amide bonds. The van der Waals surface area contributed by atoms with Gasteiger partial charge in [-0.3, -0.25) is 4.90 Å². The SMILES string of the molecule is CC(C)Cc1ccc(CN2CC(C)(OCC(=O)O)C2)cc1. The molecule has 1 aromatic carbocycles. The Balaban J connectivity index is 1.78. The van der Waals surface area contributed by atoms with Crippen molar-refractivity contribution in [1.29, 1.82) is 0 Å². The van der Waals surface area contributed by atoms with Gasteiger partial charge < -0.3 is 9.84 Å². The van der Waals surface area contributed by atoms with Crippen molar-refractivity contribution in [2.24, 2.45) is 5.92 Å². The van der Waals surface area contributed by atoms with Gasteiger partial charge in [0, 0.05) is 19.6 Å². The first-order valence-electron chi connectivity index (χ1n) is 7.52. The molecule has 0 radical (unpaired) electrons. The molecular formula is C17H25NO3. The van der Waals surface area contributed by atoms with Crippen LogP contribution < -0.4 is 0 Å². The van der Waals surface area contributed by atoms with Crippen molar-refractivity contribution in [3.63, 3.8) is 0 Å². The highest BCUT2D eigenvalue weighted by atomic mass is 16.5. The Kier molecular flexibility index (Phi) is 5.01. The van der Waals surface area contributed by atoms with Crippen LogP contribution in [0.1, 0.15) is 31.9 Å². The van der Waals surface area contributed by atoms with Crippen molar-refractivity contribution in [1.82, 2.24) is 4.90 Å². The number of carboxylic acid groups (broad SMARTS) is 1. The average Bonchev–Trinajstić information content (AvgIpc) is 2.36. The van der Waals surface area contributed by atoms with Gasteiger partial charge in [0.15, 0.2) is 0 Å². The highest BCUT2D eigenvalue weighted by Gasteiger charge is 2.39. The molecule has 0 atom stereocenters. The van der Waals surface area contributed by atoms with Crippen LogP contribution in [0.4, 0.5) is 0 Å². The average molecular weight is 291 g/mol. The molecule has 1 aliphatic rings. The lowest BCUT2D eigenvalue weighted by Crippen LogP contribution is -2.61. The van der Waals surface area contributed by atoms with Crippen molar-refractivity contribution in [2.45, 2.75) is 39.3 Å². The van der Waals surface area contributed by atoms with Crippen LogP contribution in [-0.4, -0.2) is 41.3 Å². The summed E-state index contributed by atoms with van der Waals surface area (Å²) in [5, 5.41) is 8.65. The Hall–Kier alpha value is -1.39. The number of ether oxygens (including phenoxy) is 1. The minimum Gasteiger partial charge on any atom is -0.480 e. The Morgan fingerprint density at radius 2 is 1.86 bits per heavy atom. The maximum Gasteiger partial charge on any atom is 0.329 e. The summed E-state index contributed by atoms with van der Waals surface area (Å²) in [5.41, 5.74) is 2.37. The molecule has 21 heavy (non-hydrogen) atoms. The molecule has 4 nitrogen and oxygen atoms in total. The molecule has 1 aliphatic heterocycles. The quantitative estimate of drug-likeness (QED) is 0.839. The number of carbonyl (C=O) groups is 1. The van der Waals surface area contributed by atoms with E-state index in [1.54, 1.807) is 0 Å². The Labute approximate surface area is 126 Å². The van der Waals surface area contributed by atoms with Gasteiger partial charge in [-0.25, -0.2) is 4.79 Å². The summed E-state index contributed by atoms with van der Waals surface area (Å²) < 4.78 is 5.42. The highest BCUT2D eigenvalue weighted by Crippen LogP contribution is 2.26. The van der Waals surface area contributed by atoms with Crippen molar-refractivity contribution < 1.29 is 14.6 Å². The van der Waals surface area contributed by atoms with Crippen molar-refractivity contribution in [3.8, 4) is 0 Å². The molecule has 4 heteroatoms. The first-order valence-corrected chi connectivity index (χ1v) is 7.52. The summed E-state index contributed by atoms with van der Waals surface area (Å²) in [5.74, 6) is -0.228. The minimum absolute atomic E-state index is 0.214. The number of rotatable bonds is 7. The molecule has 0 saturated carbocycles. The third-order valence-electron chi connectivity index (χ3n) is 3.73. The van der Waals surface area contributed by atoms with Gasteiger partial charge in [-0.2, -0.15) is 0 Å². The summed E-state index contributed by atoms with van der Waals surface area (Å²) in [7, 11) is 0. The van der Waals surface area contributed by atoms with E-state index in [4.69, 9.17) is 9.84 Å². The standard InChI is InChI=1S/C17H25NO3/c1-13(2)8-14-4-6-15(7-5-14)9-18-11-17(3,12-18)21-10-16(19)20/h4-7,13H,8-12H2,1-3H3,(H,19,20). The smallest absolute Gasteiger partial charge is 0.329 e. The summed E-state index contributed by atoms with van der Waals surface area (Å²) in [6, 6.07) is 8.78. The van der Waals surface area contributed by atoms with Crippen LogP contribution in [-0.2, 0) is 22.5 Å². The van der Waals surface area contributed by atoms with Gasteiger partial charge in [-0.15, -0.1) is 0 Å². The fourth-order valence-electron chi connectivity index (χ4n) is 2.85. The molecule has 0 aromatic heterocycles. The number of likely N-dealkylation sites (tertiary alicyclic amines) is 1. The van der Waals surface area contributed by atoms with Crippen LogP contribution in [0.5, 0.6) is 0 Å². The van der Waals surface area contributed by atoms with Crippen LogP contribution in [0.2, 0.25) is 0 Å². The van der Waals surface area contributed by atoms with Crippen LogP contribution in [0, 0.1) is 5.92 Å². The van der Waals surface area contributed by atoms with Gasteiger partial charge in [0.1, 0.15) is 6.61 Å². The molecule has 0 aliphatic carbocycles. The van der Waals surface area contributed by atoms with Gasteiger partial charge >= 0.3 is 5.97 Å². The lowest BCUT2D eigenvalue weighted by molar-refractivity contribution is -0.165. The first kappa shape index (κ1) is 16.0. The monoisotopic (exact) mass is 291 g/mol. The van der Waals surface area contributed by atoms with Crippen LogP contribution in [0.25, 0.3) is 0 Å². The maximum absolute atomic E-state index is 10.5. The molecule has 0 unspecified atom stereocenters. The maximum atomic E-state index is 10.5. The third kappa shape index (κ3) is 4.83. The van der Waals surface area contributed by atoms with Crippen LogP contribution in [0.15, 0.2) is 24.3 Å². The van der Waals surface area contributed by atoms with E-state index in [1.807, 2.05) is 6.92 Å². The molecule has 1 N–H and O–H groups in total. The molecule has 2 rings (SSSR count). The molecule has 0 spiro atoms. The fourth-order valence-corrected chi connectivity index (χ4v) is 2.85. The minimum atomic E-state index is -0.907. The Bertz CT molecular complexity index is 475. The highest BCUT2D eigenvalue weighted by molar-refractivity contribution is 5.68. The lowest BCUT2D eigenvalue weighted by Gasteiger charge is -2.47. The van der Waals surface area contributed by atoms with E-state index in [9.17, 15) is 4.79 Å². The van der Waals surface area contributed by atoms with Gasteiger partial charge in [0.2, 0.25) is 0 Å². The largest absolute Gasteiger partial charge is 0.480 e. The first-order chi connectivity index (χ1) is 9.86. The zero-order chi connectivity index (χ0) is 15.5. The van der Waals surface area contributed by atoms with E-state index in [-0.39, 0.29) is 12.2 Å². The zero-order valence-electron chi connectivity index (χ0n) is 13.1. The van der Waals surface area contributed by atoms with E-state index in [0.29, 0.717) is 5.92 Å². The van der Waals surface area contributed by atoms with Gasteiger partial charge in [0.05, 0.1) is 5.60 Å². The predicted molar refractivity (Wildman–Crippen MR) is 82.3 cm³/mol. The number of aliphatic carboxylic acids is 1. The van der Waals surface area contributed by atoms with Crippen molar-refractivity contribution in [3.05, 3.63) is 35.4 Å².